The zero-order valence-electron chi connectivity index (χ0n) is 11.0. The van der Waals surface area contributed by atoms with Crippen LogP contribution in [-0.2, 0) is 6.42 Å². The van der Waals surface area contributed by atoms with E-state index in [1.165, 1.54) is 11.2 Å². The molecular formula is C14H20N2O. The molecule has 0 radical (unpaired) electrons. The highest BCUT2D eigenvalue weighted by molar-refractivity contribution is 5.53. The van der Waals surface area contributed by atoms with Crippen molar-refractivity contribution >= 4 is 5.52 Å². The van der Waals surface area contributed by atoms with E-state index in [2.05, 4.69) is 54.7 Å². The number of hydrogen-bond donors (Lipinski definition) is 0. The molecule has 0 aliphatic rings. The molecule has 3 nitrogen and oxygen atoms in total. The first-order valence-corrected chi connectivity index (χ1v) is 5.92. The van der Waals surface area contributed by atoms with E-state index in [1.54, 1.807) is 7.11 Å². The summed E-state index contributed by atoms with van der Waals surface area (Å²) in [6.07, 6.45) is 3.12. The highest BCUT2D eigenvalue weighted by Gasteiger charge is 2.09. The Morgan fingerprint density at radius 2 is 2.06 bits per heavy atom. The van der Waals surface area contributed by atoms with Crippen molar-refractivity contribution < 1.29 is 4.74 Å². The molecule has 2 aromatic rings. The van der Waals surface area contributed by atoms with Gasteiger partial charge in [-0.1, -0.05) is 0 Å². The van der Waals surface area contributed by atoms with E-state index in [9.17, 15) is 0 Å². The molecule has 2 aromatic heterocycles. The van der Waals surface area contributed by atoms with Crippen molar-refractivity contribution in [3.05, 3.63) is 36.2 Å². The van der Waals surface area contributed by atoms with E-state index in [0.717, 1.165) is 12.2 Å². The van der Waals surface area contributed by atoms with Crippen molar-refractivity contribution in [1.82, 2.24) is 9.30 Å². The summed E-state index contributed by atoms with van der Waals surface area (Å²) in [5.41, 5.74) is 2.52. The van der Waals surface area contributed by atoms with Crippen molar-refractivity contribution in [2.45, 2.75) is 19.4 Å². The molecule has 1 atom stereocenters. The van der Waals surface area contributed by atoms with Gasteiger partial charge < -0.3 is 14.0 Å². The van der Waals surface area contributed by atoms with Crippen molar-refractivity contribution in [3.8, 4) is 5.75 Å². The first-order valence-electron chi connectivity index (χ1n) is 5.92. The van der Waals surface area contributed by atoms with Gasteiger partial charge in [0.1, 0.15) is 5.75 Å². The Morgan fingerprint density at radius 3 is 2.71 bits per heavy atom. The predicted molar refractivity (Wildman–Crippen MR) is 70.8 cm³/mol. The van der Waals surface area contributed by atoms with Crippen LogP contribution in [0.4, 0.5) is 0 Å². The molecule has 0 aromatic carbocycles. The Labute approximate surface area is 103 Å². The second kappa shape index (κ2) is 4.80. The molecule has 0 amide bonds. The summed E-state index contributed by atoms with van der Waals surface area (Å²) in [5.74, 6) is 0.905. The van der Waals surface area contributed by atoms with Crippen LogP contribution >= 0.6 is 0 Å². The molecule has 0 saturated carbocycles. The Hall–Kier alpha value is -1.48. The second-order valence-corrected chi connectivity index (χ2v) is 4.70. The van der Waals surface area contributed by atoms with Crippen LogP contribution < -0.4 is 4.74 Å². The molecule has 1 unspecified atom stereocenters. The summed E-state index contributed by atoms with van der Waals surface area (Å²) < 4.78 is 7.45. The monoisotopic (exact) mass is 232 g/mol. The Morgan fingerprint density at radius 1 is 1.29 bits per heavy atom. The van der Waals surface area contributed by atoms with Gasteiger partial charge in [-0.15, -0.1) is 0 Å². The van der Waals surface area contributed by atoms with Gasteiger partial charge in [-0.3, -0.25) is 0 Å². The lowest BCUT2D eigenvalue weighted by Gasteiger charge is -2.19. The molecule has 92 valence electrons. The number of methoxy groups -OCH3 is 1. The van der Waals surface area contributed by atoms with Gasteiger partial charge in [0.25, 0.3) is 0 Å². The van der Waals surface area contributed by atoms with Crippen molar-refractivity contribution in [3.63, 3.8) is 0 Å². The minimum atomic E-state index is 0.537. The highest BCUT2D eigenvalue weighted by atomic mass is 16.5. The van der Waals surface area contributed by atoms with Gasteiger partial charge in [-0.2, -0.15) is 0 Å². The van der Waals surface area contributed by atoms with E-state index >= 15 is 0 Å². The third kappa shape index (κ3) is 2.44. The van der Waals surface area contributed by atoms with Crippen molar-refractivity contribution in [2.75, 3.05) is 21.2 Å². The third-order valence-electron chi connectivity index (χ3n) is 3.33. The number of likely N-dealkylation sites (N-methyl/N-ethyl adjacent to an activating group) is 1. The summed E-state index contributed by atoms with van der Waals surface area (Å²) >= 11 is 0. The zero-order valence-corrected chi connectivity index (χ0v) is 11.0. The molecule has 2 heterocycles. The SMILES string of the molecule is COc1ccn2c(CC(C)N(C)C)ccc2c1. The largest absolute Gasteiger partial charge is 0.497 e. The molecule has 0 aliphatic heterocycles. The number of nitrogens with zero attached hydrogens (tertiary/aromatic N) is 2. The van der Waals surface area contributed by atoms with Crippen LogP contribution in [0.5, 0.6) is 5.75 Å². The van der Waals surface area contributed by atoms with E-state index in [-0.39, 0.29) is 0 Å². The average molecular weight is 232 g/mol. The highest BCUT2D eigenvalue weighted by Crippen LogP contribution is 2.18. The molecule has 2 rings (SSSR count). The average Bonchev–Trinajstić information content (AvgIpc) is 2.71. The van der Waals surface area contributed by atoms with E-state index < -0.39 is 0 Å². The normalized spacial score (nSPS) is 13.2. The van der Waals surface area contributed by atoms with Crippen molar-refractivity contribution in [2.24, 2.45) is 0 Å². The number of hydrogen-bond acceptors (Lipinski definition) is 2. The van der Waals surface area contributed by atoms with Crippen LogP contribution in [0, 0.1) is 0 Å². The van der Waals surface area contributed by atoms with E-state index in [1.807, 2.05) is 6.07 Å². The van der Waals surface area contributed by atoms with Gasteiger partial charge in [0.05, 0.1) is 7.11 Å². The molecule has 17 heavy (non-hydrogen) atoms. The van der Waals surface area contributed by atoms with Gasteiger partial charge in [0.2, 0.25) is 0 Å². The molecule has 0 N–H and O–H groups in total. The number of fused-ring (bicyclic) bond motifs is 1. The predicted octanol–water partition coefficient (Wildman–Crippen LogP) is 2.44. The quantitative estimate of drug-likeness (QED) is 0.805. The minimum Gasteiger partial charge on any atom is -0.497 e. The van der Waals surface area contributed by atoms with Gasteiger partial charge >= 0.3 is 0 Å². The smallest absolute Gasteiger partial charge is 0.122 e. The topological polar surface area (TPSA) is 16.9 Å². The molecule has 3 heteroatoms. The van der Waals surface area contributed by atoms with Crippen LogP contribution in [-0.4, -0.2) is 36.5 Å². The lowest BCUT2D eigenvalue weighted by molar-refractivity contribution is 0.310. The Kier molecular flexibility index (Phi) is 3.38. The molecule has 0 bridgehead atoms. The fourth-order valence-corrected chi connectivity index (χ4v) is 1.93. The Bertz CT molecular complexity index is 502. The maximum atomic E-state index is 5.23. The fraction of sp³-hybridized carbons (Fsp3) is 0.429. The zero-order chi connectivity index (χ0) is 12.4. The Balaban J connectivity index is 2.30. The van der Waals surface area contributed by atoms with Crippen molar-refractivity contribution in [1.29, 1.82) is 0 Å². The van der Waals surface area contributed by atoms with Crippen LogP contribution in [0.1, 0.15) is 12.6 Å². The standard InChI is InChI=1S/C14H20N2O/c1-11(15(2)3)9-12-5-6-13-10-14(17-4)7-8-16(12)13/h5-8,10-11H,9H2,1-4H3. The van der Waals surface area contributed by atoms with Gasteiger partial charge in [-0.25, -0.2) is 0 Å². The summed E-state index contributed by atoms with van der Waals surface area (Å²) in [6, 6.07) is 8.92. The maximum Gasteiger partial charge on any atom is 0.122 e. The number of aromatic nitrogens is 1. The molecule has 0 spiro atoms. The number of ether oxygens (including phenoxy) is 1. The third-order valence-corrected chi connectivity index (χ3v) is 3.33. The molecule has 0 aliphatic carbocycles. The number of rotatable bonds is 4. The minimum absolute atomic E-state index is 0.537. The van der Waals surface area contributed by atoms with Crippen LogP contribution in [0.15, 0.2) is 30.5 Å². The van der Waals surface area contributed by atoms with Gasteiger partial charge in [0.15, 0.2) is 0 Å². The lowest BCUT2D eigenvalue weighted by Crippen LogP contribution is -2.27. The molecular weight excluding hydrogens is 212 g/mol. The van der Waals surface area contributed by atoms with E-state index in [0.29, 0.717) is 6.04 Å². The first-order chi connectivity index (χ1) is 8.11. The van der Waals surface area contributed by atoms with Crippen LogP contribution in [0.3, 0.4) is 0 Å². The first kappa shape index (κ1) is 12.0. The second-order valence-electron chi connectivity index (χ2n) is 4.70. The van der Waals surface area contributed by atoms with Gasteiger partial charge in [-0.05, 0) is 39.2 Å². The summed E-state index contributed by atoms with van der Waals surface area (Å²) in [4.78, 5) is 2.24. The van der Waals surface area contributed by atoms with Crippen LogP contribution in [0.2, 0.25) is 0 Å². The lowest BCUT2D eigenvalue weighted by atomic mass is 10.2. The molecule has 0 fully saturated rings. The summed E-state index contributed by atoms with van der Waals surface area (Å²) in [5, 5.41) is 0. The number of pyridine rings is 1. The van der Waals surface area contributed by atoms with Crippen LogP contribution in [0.25, 0.3) is 5.52 Å². The summed E-state index contributed by atoms with van der Waals surface area (Å²) in [6.45, 7) is 2.24. The fourth-order valence-electron chi connectivity index (χ4n) is 1.93. The maximum absolute atomic E-state index is 5.23. The summed E-state index contributed by atoms with van der Waals surface area (Å²) in [7, 11) is 5.93. The van der Waals surface area contributed by atoms with Gasteiger partial charge in [0, 0.05) is 35.9 Å². The van der Waals surface area contributed by atoms with E-state index in [4.69, 9.17) is 4.74 Å². The molecule has 0 saturated heterocycles.